The number of carbonyl (C=O) groups is 2. The SMILES string of the molecule is CCC(C(=O)O)N(C)CCC(=O)Nc1cccc(Cl)c1. The van der Waals surface area contributed by atoms with E-state index in [1.165, 1.54) is 0 Å². The van der Waals surface area contributed by atoms with Crippen molar-refractivity contribution in [3.63, 3.8) is 0 Å². The Morgan fingerprint density at radius 1 is 1.45 bits per heavy atom. The maximum atomic E-state index is 11.8. The maximum Gasteiger partial charge on any atom is 0.320 e. The van der Waals surface area contributed by atoms with Crippen LogP contribution in [-0.2, 0) is 9.59 Å². The van der Waals surface area contributed by atoms with Gasteiger partial charge in [-0.3, -0.25) is 14.5 Å². The van der Waals surface area contributed by atoms with Crippen molar-refractivity contribution >= 4 is 29.2 Å². The number of hydrogen-bond donors (Lipinski definition) is 2. The van der Waals surface area contributed by atoms with Gasteiger partial charge in [0.25, 0.3) is 0 Å². The van der Waals surface area contributed by atoms with Crippen molar-refractivity contribution in [2.75, 3.05) is 18.9 Å². The monoisotopic (exact) mass is 298 g/mol. The van der Waals surface area contributed by atoms with Crippen molar-refractivity contribution in [1.29, 1.82) is 0 Å². The number of carboxylic acids is 1. The molecule has 0 radical (unpaired) electrons. The first-order valence-electron chi connectivity index (χ1n) is 6.42. The number of nitrogens with one attached hydrogen (secondary N) is 1. The number of likely N-dealkylation sites (N-methyl/N-ethyl adjacent to an activating group) is 1. The minimum Gasteiger partial charge on any atom is -0.480 e. The maximum absolute atomic E-state index is 11.8. The van der Waals surface area contributed by atoms with Gasteiger partial charge in [-0.1, -0.05) is 24.6 Å². The molecule has 1 unspecified atom stereocenters. The highest BCUT2D eigenvalue weighted by atomic mass is 35.5. The first-order chi connectivity index (χ1) is 9.43. The Morgan fingerprint density at radius 3 is 2.70 bits per heavy atom. The zero-order valence-corrected chi connectivity index (χ0v) is 12.4. The lowest BCUT2D eigenvalue weighted by Gasteiger charge is -2.22. The van der Waals surface area contributed by atoms with Crippen LogP contribution in [0.15, 0.2) is 24.3 Å². The number of nitrogens with zero attached hydrogens (tertiary/aromatic N) is 1. The highest BCUT2D eigenvalue weighted by Crippen LogP contribution is 2.15. The molecule has 5 nitrogen and oxygen atoms in total. The average Bonchev–Trinajstić information content (AvgIpc) is 2.36. The number of carbonyl (C=O) groups excluding carboxylic acids is 1. The summed E-state index contributed by atoms with van der Waals surface area (Å²) in [4.78, 5) is 24.4. The van der Waals surface area contributed by atoms with Gasteiger partial charge in [0, 0.05) is 23.7 Å². The summed E-state index contributed by atoms with van der Waals surface area (Å²) < 4.78 is 0. The Kier molecular flexibility index (Phi) is 6.48. The van der Waals surface area contributed by atoms with Crippen LogP contribution in [-0.4, -0.2) is 41.5 Å². The number of benzene rings is 1. The van der Waals surface area contributed by atoms with E-state index in [1.807, 2.05) is 0 Å². The Bertz CT molecular complexity index is 479. The van der Waals surface area contributed by atoms with Crippen LogP contribution in [0.1, 0.15) is 19.8 Å². The summed E-state index contributed by atoms with van der Waals surface area (Å²) in [5, 5.41) is 12.3. The summed E-state index contributed by atoms with van der Waals surface area (Å²) in [6, 6.07) is 6.33. The summed E-state index contributed by atoms with van der Waals surface area (Å²) >= 11 is 5.83. The van der Waals surface area contributed by atoms with Crippen LogP contribution in [0.3, 0.4) is 0 Å². The Labute approximate surface area is 123 Å². The molecule has 0 aliphatic rings. The number of rotatable bonds is 7. The molecule has 1 aromatic carbocycles. The van der Waals surface area contributed by atoms with Crippen molar-refractivity contribution in [2.45, 2.75) is 25.8 Å². The summed E-state index contributed by atoms with van der Waals surface area (Å²) in [5.41, 5.74) is 0.635. The van der Waals surface area contributed by atoms with Gasteiger partial charge < -0.3 is 10.4 Å². The van der Waals surface area contributed by atoms with Crippen molar-refractivity contribution in [3.8, 4) is 0 Å². The topological polar surface area (TPSA) is 69.6 Å². The summed E-state index contributed by atoms with van der Waals surface area (Å²) in [6.07, 6.45) is 0.731. The normalized spacial score (nSPS) is 12.2. The lowest BCUT2D eigenvalue weighted by Crippen LogP contribution is -2.39. The second kappa shape index (κ2) is 7.87. The van der Waals surface area contributed by atoms with Crippen LogP contribution in [0, 0.1) is 0 Å². The van der Waals surface area contributed by atoms with Gasteiger partial charge in [0.2, 0.25) is 5.91 Å². The van der Waals surface area contributed by atoms with Crippen LogP contribution in [0.25, 0.3) is 0 Å². The van der Waals surface area contributed by atoms with Crippen molar-refractivity contribution in [2.24, 2.45) is 0 Å². The van der Waals surface area contributed by atoms with Crippen LogP contribution in [0.5, 0.6) is 0 Å². The Morgan fingerprint density at radius 2 is 2.15 bits per heavy atom. The second-order valence-electron chi connectivity index (χ2n) is 4.55. The molecule has 0 saturated carbocycles. The van der Waals surface area contributed by atoms with Gasteiger partial charge in [0.1, 0.15) is 6.04 Å². The molecule has 1 atom stereocenters. The van der Waals surface area contributed by atoms with Crippen LogP contribution in [0.4, 0.5) is 5.69 Å². The first kappa shape index (κ1) is 16.5. The molecule has 0 aromatic heterocycles. The third-order valence-electron chi connectivity index (χ3n) is 3.00. The zero-order chi connectivity index (χ0) is 15.1. The summed E-state index contributed by atoms with van der Waals surface area (Å²) in [7, 11) is 1.70. The number of halogens is 1. The van der Waals surface area contributed by atoms with Crippen LogP contribution in [0.2, 0.25) is 5.02 Å². The fraction of sp³-hybridized carbons (Fsp3) is 0.429. The second-order valence-corrected chi connectivity index (χ2v) is 4.99. The van der Waals surface area contributed by atoms with E-state index < -0.39 is 12.0 Å². The predicted molar refractivity (Wildman–Crippen MR) is 79.0 cm³/mol. The van der Waals surface area contributed by atoms with E-state index in [0.29, 0.717) is 23.7 Å². The number of carboxylic acid groups (broad SMARTS) is 1. The van der Waals surface area contributed by atoms with Crippen LogP contribution < -0.4 is 5.32 Å². The standard InChI is InChI=1S/C14H19ClN2O3/c1-3-12(14(19)20)17(2)8-7-13(18)16-11-6-4-5-10(15)9-11/h4-6,9,12H,3,7-8H2,1-2H3,(H,16,18)(H,19,20). The number of amides is 1. The average molecular weight is 299 g/mol. The van der Waals surface area contributed by atoms with Crippen molar-refractivity contribution < 1.29 is 14.7 Å². The van der Waals surface area contributed by atoms with Gasteiger partial charge in [-0.05, 0) is 31.7 Å². The highest BCUT2D eigenvalue weighted by molar-refractivity contribution is 6.30. The summed E-state index contributed by atoms with van der Waals surface area (Å²) in [5.74, 6) is -1.04. The van der Waals surface area contributed by atoms with Gasteiger partial charge in [-0.2, -0.15) is 0 Å². The Hall–Kier alpha value is -1.59. The molecule has 110 valence electrons. The molecule has 1 aromatic rings. The van der Waals surface area contributed by atoms with E-state index in [1.54, 1.807) is 43.1 Å². The van der Waals surface area contributed by atoms with Gasteiger partial charge in [-0.25, -0.2) is 0 Å². The lowest BCUT2D eigenvalue weighted by atomic mass is 10.2. The lowest BCUT2D eigenvalue weighted by molar-refractivity contribution is -0.143. The Balaban J connectivity index is 2.45. The third kappa shape index (κ3) is 5.19. The van der Waals surface area contributed by atoms with Gasteiger partial charge >= 0.3 is 5.97 Å². The minimum atomic E-state index is -0.870. The smallest absolute Gasteiger partial charge is 0.320 e. The van der Waals surface area contributed by atoms with E-state index in [9.17, 15) is 9.59 Å². The number of aliphatic carboxylic acids is 1. The predicted octanol–water partition coefficient (Wildman–Crippen LogP) is 2.46. The van der Waals surface area contributed by atoms with Crippen molar-refractivity contribution in [3.05, 3.63) is 29.3 Å². The zero-order valence-electron chi connectivity index (χ0n) is 11.6. The molecule has 0 fully saturated rings. The van der Waals surface area contributed by atoms with Crippen LogP contribution >= 0.6 is 11.6 Å². The first-order valence-corrected chi connectivity index (χ1v) is 6.80. The van der Waals surface area contributed by atoms with Gasteiger partial charge in [0.05, 0.1) is 0 Å². The molecule has 0 bridgehead atoms. The molecule has 0 heterocycles. The fourth-order valence-electron chi connectivity index (χ4n) is 1.90. The quantitative estimate of drug-likeness (QED) is 0.811. The van der Waals surface area contributed by atoms with E-state index in [0.717, 1.165) is 0 Å². The van der Waals surface area contributed by atoms with E-state index in [-0.39, 0.29) is 12.3 Å². The molecular formula is C14H19ClN2O3. The molecule has 1 rings (SSSR count). The van der Waals surface area contributed by atoms with E-state index in [4.69, 9.17) is 16.7 Å². The molecule has 2 N–H and O–H groups in total. The molecule has 6 heteroatoms. The number of hydrogen-bond acceptors (Lipinski definition) is 3. The largest absolute Gasteiger partial charge is 0.480 e. The summed E-state index contributed by atoms with van der Waals surface area (Å²) in [6.45, 7) is 2.19. The van der Waals surface area contributed by atoms with Gasteiger partial charge in [-0.15, -0.1) is 0 Å². The minimum absolute atomic E-state index is 0.167. The molecular weight excluding hydrogens is 280 g/mol. The molecule has 0 saturated heterocycles. The molecule has 0 spiro atoms. The molecule has 0 aliphatic heterocycles. The highest BCUT2D eigenvalue weighted by Gasteiger charge is 2.20. The molecule has 20 heavy (non-hydrogen) atoms. The van der Waals surface area contributed by atoms with E-state index in [2.05, 4.69) is 5.32 Å². The van der Waals surface area contributed by atoms with Gasteiger partial charge in [0.15, 0.2) is 0 Å². The third-order valence-corrected chi connectivity index (χ3v) is 3.24. The fourth-order valence-corrected chi connectivity index (χ4v) is 2.09. The molecule has 0 aliphatic carbocycles. The van der Waals surface area contributed by atoms with Crippen molar-refractivity contribution in [1.82, 2.24) is 4.90 Å². The molecule has 1 amide bonds. The van der Waals surface area contributed by atoms with E-state index >= 15 is 0 Å². The number of anilines is 1.